The molecule has 0 radical (unpaired) electrons. The molecule has 192 valence electrons. The average Bonchev–Trinajstić information content (AvgIpc) is 3.44. The van der Waals surface area contributed by atoms with Gasteiger partial charge in [-0.05, 0) is 64.6 Å². The van der Waals surface area contributed by atoms with E-state index in [9.17, 15) is 9.59 Å². The number of primary amides is 1. The van der Waals surface area contributed by atoms with Crippen molar-refractivity contribution in [2.45, 2.75) is 26.2 Å². The van der Waals surface area contributed by atoms with Crippen LogP contribution in [0, 0.1) is 5.92 Å². The molecular formula is C28H32N6O3. The van der Waals surface area contributed by atoms with Crippen LogP contribution < -0.4 is 10.6 Å². The number of anilines is 1. The summed E-state index contributed by atoms with van der Waals surface area (Å²) in [7, 11) is 3.82. The van der Waals surface area contributed by atoms with Crippen molar-refractivity contribution in [2.24, 2.45) is 11.7 Å². The van der Waals surface area contributed by atoms with E-state index in [1.807, 2.05) is 37.2 Å². The zero-order valence-electron chi connectivity index (χ0n) is 21.3. The first-order valence-corrected chi connectivity index (χ1v) is 12.0. The Hall–Kier alpha value is -4.53. The summed E-state index contributed by atoms with van der Waals surface area (Å²) in [6.45, 7) is 2.08. The Kier molecular flexibility index (Phi) is 9.48. The summed E-state index contributed by atoms with van der Waals surface area (Å²) >= 11 is 0. The van der Waals surface area contributed by atoms with Gasteiger partial charge in [0.05, 0.1) is 5.56 Å². The van der Waals surface area contributed by atoms with Gasteiger partial charge in [-0.25, -0.2) is 4.79 Å². The molecule has 9 nitrogen and oxygen atoms in total. The third kappa shape index (κ3) is 7.73. The summed E-state index contributed by atoms with van der Waals surface area (Å²) in [6, 6.07) is 23.1. The standard InChI is InChI=1S/C19H21N5O.C9H11NO2/c1-2-13(12-18(20)25)10-14-8-9-16(15-6-4-3-5-7-15)17(11-14)19-21-23-24-22-19;1-10(2)8-5-3-7(4-6-8)9(11)12/h3-9,11,13H,2,10,12H2,1H3,(H2,20,25)(H,21,22,23,24);3-6H,1-2H3,(H,11,12). The van der Waals surface area contributed by atoms with Gasteiger partial charge in [-0.2, -0.15) is 5.21 Å². The Bertz CT molecular complexity index is 1290. The second-order valence-electron chi connectivity index (χ2n) is 8.88. The van der Waals surface area contributed by atoms with Crippen LogP contribution in [0.4, 0.5) is 5.69 Å². The first-order chi connectivity index (χ1) is 17.8. The number of nitrogens with one attached hydrogen (secondary N) is 1. The Labute approximate surface area is 216 Å². The van der Waals surface area contributed by atoms with Crippen LogP contribution in [0.15, 0.2) is 72.8 Å². The van der Waals surface area contributed by atoms with Crippen molar-refractivity contribution in [3.8, 4) is 22.5 Å². The van der Waals surface area contributed by atoms with Crippen LogP contribution in [0.3, 0.4) is 0 Å². The Morgan fingerprint density at radius 2 is 1.70 bits per heavy atom. The lowest BCUT2D eigenvalue weighted by Crippen LogP contribution is -2.17. The van der Waals surface area contributed by atoms with E-state index in [0.717, 1.165) is 40.8 Å². The zero-order valence-corrected chi connectivity index (χ0v) is 21.3. The predicted molar refractivity (Wildman–Crippen MR) is 144 cm³/mol. The van der Waals surface area contributed by atoms with Gasteiger partial charge >= 0.3 is 5.97 Å². The maximum Gasteiger partial charge on any atom is 0.335 e. The van der Waals surface area contributed by atoms with Gasteiger partial charge < -0.3 is 15.7 Å². The molecule has 37 heavy (non-hydrogen) atoms. The lowest BCUT2D eigenvalue weighted by Gasteiger charge is -2.15. The molecule has 1 aromatic heterocycles. The van der Waals surface area contributed by atoms with E-state index in [1.165, 1.54) is 0 Å². The van der Waals surface area contributed by atoms with Gasteiger partial charge in [0.25, 0.3) is 0 Å². The molecule has 0 saturated carbocycles. The number of nitrogens with zero attached hydrogens (tertiary/aromatic N) is 4. The van der Waals surface area contributed by atoms with Crippen LogP contribution in [0.1, 0.15) is 35.7 Å². The van der Waals surface area contributed by atoms with Crippen LogP contribution in [-0.4, -0.2) is 51.7 Å². The fourth-order valence-corrected chi connectivity index (χ4v) is 3.93. The van der Waals surface area contributed by atoms with Crippen molar-refractivity contribution in [2.75, 3.05) is 19.0 Å². The van der Waals surface area contributed by atoms with Crippen LogP contribution in [0.5, 0.6) is 0 Å². The van der Waals surface area contributed by atoms with Crippen LogP contribution in [-0.2, 0) is 11.2 Å². The van der Waals surface area contributed by atoms with E-state index in [0.29, 0.717) is 17.8 Å². The van der Waals surface area contributed by atoms with E-state index < -0.39 is 5.97 Å². The van der Waals surface area contributed by atoms with Crippen LogP contribution >= 0.6 is 0 Å². The molecular weight excluding hydrogens is 468 g/mol. The summed E-state index contributed by atoms with van der Waals surface area (Å²) < 4.78 is 0. The fraction of sp³-hybridized carbons (Fsp3) is 0.250. The molecule has 0 saturated heterocycles. The number of tetrazole rings is 1. The Balaban J connectivity index is 0.000000266. The molecule has 3 aromatic carbocycles. The molecule has 0 aliphatic heterocycles. The number of aromatic amines is 1. The molecule has 4 aromatic rings. The zero-order chi connectivity index (χ0) is 26.8. The summed E-state index contributed by atoms with van der Waals surface area (Å²) in [5.74, 6) is -0.353. The molecule has 0 aliphatic rings. The number of benzene rings is 3. The highest BCUT2D eigenvalue weighted by atomic mass is 16.4. The first kappa shape index (κ1) is 27.1. The summed E-state index contributed by atoms with van der Waals surface area (Å²) in [4.78, 5) is 23.6. The van der Waals surface area contributed by atoms with E-state index in [-0.39, 0.29) is 11.8 Å². The van der Waals surface area contributed by atoms with Crippen molar-refractivity contribution >= 4 is 17.6 Å². The largest absolute Gasteiger partial charge is 0.478 e. The number of carboxylic acid groups (broad SMARTS) is 1. The molecule has 1 heterocycles. The van der Waals surface area contributed by atoms with Crippen LogP contribution in [0.25, 0.3) is 22.5 Å². The molecule has 1 atom stereocenters. The maximum atomic E-state index is 11.2. The third-order valence-corrected chi connectivity index (χ3v) is 5.98. The van der Waals surface area contributed by atoms with Crippen molar-refractivity contribution in [1.29, 1.82) is 0 Å². The SMILES string of the molecule is CCC(CC(N)=O)Cc1ccc(-c2ccccc2)c(-c2nn[nH]n2)c1.CN(C)c1ccc(C(=O)O)cc1. The number of aromatic carboxylic acids is 1. The second-order valence-corrected chi connectivity index (χ2v) is 8.88. The lowest BCUT2D eigenvalue weighted by molar-refractivity contribution is -0.118. The Morgan fingerprint density at radius 3 is 2.24 bits per heavy atom. The van der Waals surface area contributed by atoms with Gasteiger partial charge in [0.2, 0.25) is 11.7 Å². The maximum absolute atomic E-state index is 11.2. The molecule has 9 heteroatoms. The summed E-state index contributed by atoms with van der Waals surface area (Å²) in [6.07, 6.45) is 2.09. The van der Waals surface area contributed by atoms with Gasteiger partial charge in [0.1, 0.15) is 0 Å². The molecule has 4 N–H and O–H groups in total. The fourth-order valence-electron chi connectivity index (χ4n) is 3.93. The number of carboxylic acids is 1. The van der Waals surface area contributed by atoms with Crippen molar-refractivity contribution in [3.05, 3.63) is 83.9 Å². The number of carbonyl (C=O) groups excluding carboxylic acids is 1. The van der Waals surface area contributed by atoms with Gasteiger partial charge in [0.15, 0.2) is 0 Å². The minimum Gasteiger partial charge on any atom is -0.478 e. The molecule has 0 fully saturated rings. The van der Waals surface area contributed by atoms with E-state index in [2.05, 4.69) is 57.9 Å². The number of hydrogen-bond donors (Lipinski definition) is 3. The quantitative estimate of drug-likeness (QED) is 0.309. The van der Waals surface area contributed by atoms with Gasteiger partial charge in [-0.15, -0.1) is 10.2 Å². The van der Waals surface area contributed by atoms with Crippen molar-refractivity contribution in [1.82, 2.24) is 20.6 Å². The summed E-state index contributed by atoms with van der Waals surface area (Å²) in [5.41, 5.74) is 10.9. The van der Waals surface area contributed by atoms with Crippen molar-refractivity contribution in [3.63, 3.8) is 0 Å². The Morgan fingerprint density at radius 1 is 1.00 bits per heavy atom. The van der Waals surface area contributed by atoms with Gasteiger partial charge in [-0.1, -0.05) is 55.8 Å². The monoisotopic (exact) mass is 500 g/mol. The number of hydrogen-bond acceptors (Lipinski definition) is 6. The number of H-pyrrole nitrogens is 1. The predicted octanol–water partition coefficient (Wildman–Crippen LogP) is 4.43. The third-order valence-electron chi connectivity index (χ3n) is 5.98. The number of rotatable bonds is 9. The van der Waals surface area contributed by atoms with Gasteiger partial charge in [0, 0.05) is 31.8 Å². The number of aromatic nitrogens is 4. The second kappa shape index (κ2) is 13.0. The van der Waals surface area contributed by atoms with Crippen LogP contribution in [0.2, 0.25) is 0 Å². The van der Waals surface area contributed by atoms with E-state index in [4.69, 9.17) is 10.8 Å². The highest BCUT2D eigenvalue weighted by Crippen LogP contribution is 2.31. The number of carbonyl (C=O) groups is 2. The molecule has 4 rings (SSSR count). The number of amides is 1. The lowest BCUT2D eigenvalue weighted by atomic mass is 9.90. The minimum atomic E-state index is -0.889. The topological polar surface area (TPSA) is 138 Å². The molecule has 0 aliphatic carbocycles. The molecule has 0 bridgehead atoms. The van der Waals surface area contributed by atoms with E-state index >= 15 is 0 Å². The average molecular weight is 501 g/mol. The number of nitrogens with two attached hydrogens (primary N) is 1. The minimum absolute atomic E-state index is 0.234. The highest BCUT2D eigenvalue weighted by molar-refractivity contribution is 5.88. The summed E-state index contributed by atoms with van der Waals surface area (Å²) in [5, 5.41) is 23.1. The molecule has 1 amide bonds. The van der Waals surface area contributed by atoms with Crippen molar-refractivity contribution < 1.29 is 14.7 Å². The van der Waals surface area contributed by atoms with Gasteiger partial charge in [-0.3, -0.25) is 4.79 Å². The molecule has 0 spiro atoms. The highest BCUT2D eigenvalue weighted by Gasteiger charge is 2.15. The first-order valence-electron chi connectivity index (χ1n) is 12.0. The smallest absolute Gasteiger partial charge is 0.335 e. The normalized spacial score (nSPS) is 11.2. The molecule has 1 unspecified atom stereocenters. The van der Waals surface area contributed by atoms with E-state index in [1.54, 1.807) is 24.3 Å².